The molecule has 2 fully saturated rings. The number of hydrogen-bond acceptors (Lipinski definition) is 3. The molecule has 2 bridgehead atoms. The highest BCUT2D eigenvalue weighted by Crippen LogP contribution is 2.29. The van der Waals surface area contributed by atoms with Gasteiger partial charge in [-0.25, -0.2) is 9.07 Å². The number of rotatable bonds is 2. The smallest absolute Gasteiger partial charge is 0.274 e. The molecule has 128 valence electrons. The van der Waals surface area contributed by atoms with E-state index in [9.17, 15) is 9.18 Å². The maximum Gasteiger partial charge on any atom is 0.274 e. The molecule has 7 heteroatoms. The zero-order chi connectivity index (χ0) is 15.8. The van der Waals surface area contributed by atoms with E-state index in [1.54, 1.807) is 29.1 Å². The van der Waals surface area contributed by atoms with Crippen molar-refractivity contribution in [2.45, 2.75) is 31.3 Å². The van der Waals surface area contributed by atoms with Crippen LogP contribution in [0.25, 0.3) is 5.69 Å². The second-order valence-corrected chi connectivity index (χ2v) is 6.21. The lowest BCUT2D eigenvalue weighted by Crippen LogP contribution is -2.42. The van der Waals surface area contributed by atoms with Gasteiger partial charge in [-0.3, -0.25) is 4.79 Å². The van der Waals surface area contributed by atoms with Crippen molar-refractivity contribution in [3.05, 3.63) is 48.0 Å². The normalized spacial score (nSPS) is 22.8. The number of hydrogen-bond donors (Lipinski definition) is 1. The van der Waals surface area contributed by atoms with Crippen molar-refractivity contribution in [2.24, 2.45) is 0 Å². The molecule has 3 heterocycles. The molecule has 2 saturated heterocycles. The van der Waals surface area contributed by atoms with Gasteiger partial charge in [0.1, 0.15) is 5.82 Å². The average Bonchev–Trinajstić information content (AvgIpc) is 3.11. The largest absolute Gasteiger partial charge is 0.330 e. The highest BCUT2D eigenvalue weighted by atomic mass is 35.5. The van der Waals surface area contributed by atoms with E-state index in [0.717, 1.165) is 38.0 Å². The van der Waals surface area contributed by atoms with E-state index in [0.29, 0.717) is 11.7 Å². The Bertz CT molecular complexity index is 704. The van der Waals surface area contributed by atoms with Crippen LogP contribution in [-0.2, 0) is 0 Å². The van der Waals surface area contributed by atoms with E-state index in [1.165, 1.54) is 12.1 Å². The highest BCUT2D eigenvalue weighted by Gasteiger charge is 2.38. The molecule has 24 heavy (non-hydrogen) atoms. The first-order valence-corrected chi connectivity index (χ1v) is 8.07. The Kier molecular flexibility index (Phi) is 4.87. The summed E-state index contributed by atoms with van der Waals surface area (Å²) in [5.74, 6) is -0.284. The van der Waals surface area contributed by atoms with Crippen molar-refractivity contribution in [1.82, 2.24) is 20.0 Å². The van der Waals surface area contributed by atoms with Crippen molar-refractivity contribution in [3.63, 3.8) is 0 Å². The molecule has 5 nitrogen and oxygen atoms in total. The van der Waals surface area contributed by atoms with E-state index in [2.05, 4.69) is 10.4 Å². The summed E-state index contributed by atoms with van der Waals surface area (Å²) in [5.41, 5.74) is 1.19. The number of fused-ring (bicyclic) bond motifs is 2. The van der Waals surface area contributed by atoms with Crippen molar-refractivity contribution in [2.75, 3.05) is 13.1 Å². The number of nitrogens with one attached hydrogen (secondary N) is 1. The molecular formula is C17H20ClFN4O. The summed E-state index contributed by atoms with van der Waals surface area (Å²) in [6.45, 7) is 1.83. The molecule has 2 unspecified atom stereocenters. The van der Waals surface area contributed by atoms with E-state index < -0.39 is 0 Å². The SMILES string of the molecule is Cl.O=C(c1ccn(-c2ccc(F)cc2)n1)N1C2CCNCC1CC2. The molecule has 2 aliphatic heterocycles. The second kappa shape index (κ2) is 6.91. The maximum absolute atomic E-state index is 13.0. The van der Waals surface area contributed by atoms with Gasteiger partial charge in [-0.2, -0.15) is 5.10 Å². The van der Waals surface area contributed by atoms with Crippen molar-refractivity contribution >= 4 is 18.3 Å². The van der Waals surface area contributed by atoms with Gasteiger partial charge >= 0.3 is 0 Å². The van der Waals surface area contributed by atoms with Crippen molar-refractivity contribution in [1.29, 1.82) is 0 Å². The lowest BCUT2D eigenvalue weighted by atomic mass is 10.1. The molecule has 1 aromatic heterocycles. The third-order valence-electron chi connectivity index (χ3n) is 4.79. The van der Waals surface area contributed by atoms with Gasteiger partial charge in [0.05, 0.1) is 5.69 Å². The van der Waals surface area contributed by atoms with Crippen molar-refractivity contribution in [3.8, 4) is 5.69 Å². The van der Waals surface area contributed by atoms with Gasteiger partial charge in [-0.05, 0) is 56.1 Å². The van der Waals surface area contributed by atoms with Gasteiger partial charge in [0.15, 0.2) is 5.69 Å². The van der Waals surface area contributed by atoms with Crippen LogP contribution in [-0.4, -0.2) is 45.8 Å². The number of aromatic nitrogens is 2. The predicted molar refractivity (Wildman–Crippen MR) is 91.2 cm³/mol. The molecule has 0 aliphatic carbocycles. The van der Waals surface area contributed by atoms with Gasteiger partial charge in [-0.1, -0.05) is 0 Å². The van der Waals surface area contributed by atoms with Gasteiger partial charge < -0.3 is 10.2 Å². The molecule has 1 aromatic carbocycles. The number of amides is 1. The van der Waals surface area contributed by atoms with Crippen LogP contribution in [0.4, 0.5) is 4.39 Å². The van der Waals surface area contributed by atoms with Crippen LogP contribution in [0.5, 0.6) is 0 Å². The molecule has 1 amide bonds. The van der Waals surface area contributed by atoms with E-state index in [1.807, 2.05) is 4.90 Å². The average molecular weight is 351 g/mol. The van der Waals surface area contributed by atoms with E-state index >= 15 is 0 Å². The number of benzene rings is 1. The monoisotopic (exact) mass is 350 g/mol. The summed E-state index contributed by atoms with van der Waals surface area (Å²) in [5, 5.41) is 7.79. The summed E-state index contributed by atoms with van der Waals surface area (Å²) in [7, 11) is 0. The van der Waals surface area contributed by atoms with Crippen LogP contribution in [0, 0.1) is 5.82 Å². The fourth-order valence-corrected chi connectivity index (χ4v) is 3.62. The summed E-state index contributed by atoms with van der Waals surface area (Å²) in [4.78, 5) is 14.9. The van der Waals surface area contributed by atoms with E-state index in [4.69, 9.17) is 0 Å². The quantitative estimate of drug-likeness (QED) is 0.904. The standard InChI is InChI=1S/C17H19FN4O.ClH/c18-12-1-3-13(4-2-12)21-10-8-16(20-21)17(23)22-14-5-6-15(22)11-19-9-7-14;/h1-4,8,10,14-15,19H,5-7,9,11H2;1H. The zero-order valence-corrected chi connectivity index (χ0v) is 14.0. The summed E-state index contributed by atoms with van der Waals surface area (Å²) in [6.07, 6.45) is 4.89. The summed E-state index contributed by atoms with van der Waals surface area (Å²) >= 11 is 0. The minimum Gasteiger partial charge on any atom is -0.330 e. The predicted octanol–water partition coefficient (Wildman–Crippen LogP) is 2.40. The van der Waals surface area contributed by atoms with E-state index in [-0.39, 0.29) is 30.2 Å². The lowest BCUT2D eigenvalue weighted by Gasteiger charge is -2.27. The molecular weight excluding hydrogens is 331 g/mol. The summed E-state index contributed by atoms with van der Waals surface area (Å²) in [6, 6.07) is 8.40. The molecule has 0 spiro atoms. The molecule has 2 aromatic rings. The summed E-state index contributed by atoms with van der Waals surface area (Å²) < 4.78 is 14.6. The van der Waals surface area contributed by atoms with Crippen LogP contribution in [0.1, 0.15) is 29.8 Å². The Morgan fingerprint density at radius 2 is 1.88 bits per heavy atom. The van der Waals surface area contributed by atoms with Gasteiger partial charge in [0, 0.05) is 24.8 Å². The molecule has 2 atom stereocenters. The number of halogens is 2. The third kappa shape index (κ3) is 3.03. The number of carbonyl (C=O) groups excluding carboxylic acids is 1. The zero-order valence-electron chi connectivity index (χ0n) is 13.2. The second-order valence-electron chi connectivity index (χ2n) is 6.21. The number of nitrogens with zero attached hydrogens (tertiary/aromatic N) is 3. The number of carbonyl (C=O) groups is 1. The first-order valence-electron chi connectivity index (χ1n) is 8.07. The van der Waals surface area contributed by atoms with Gasteiger partial charge in [-0.15, -0.1) is 12.4 Å². The van der Waals surface area contributed by atoms with Crippen LogP contribution >= 0.6 is 12.4 Å². The van der Waals surface area contributed by atoms with Gasteiger partial charge in [0.25, 0.3) is 5.91 Å². The third-order valence-corrected chi connectivity index (χ3v) is 4.79. The molecule has 0 saturated carbocycles. The Labute approximate surface area is 146 Å². The molecule has 0 radical (unpaired) electrons. The van der Waals surface area contributed by atoms with Crippen LogP contribution in [0.2, 0.25) is 0 Å². The maximum atomic E-state index is 13.0. The highest BCUT2D eigenvalue weighted by molar-refractivity contribution is 5.93. The minimum absolute atomic E-state index is 0. The topological polar surface area (TPSA) is 50.2 Å². The first-order chi connectivity index (χ1) is 11.2. The van der Waals surface area contributed by atoms with Gasteiger partial charge in [0.2, 0.25) is 0 Å². The van der Waals surface area contributed by atoms with Crippen LogP contribution in [0.3, 0.4) is 0 Å². The fraction of sp³-hybridized carbons (Fsp3) is 0.412. The molecule has 4 rings (SSSR count). The minimum atomic E-state index is -0.286. The Morgan fingerprint density at radius 3 is 2.67 bits per heavy atom. The molecule has 1 N–H and O–H groups in total. The van der Waals surface area contributed by atoms with Crippen molar-refractivity contribution < 1.29 is 9.18 Å². The fourth-order valence-electron chi connectivity index (χ4n) is 3.62. The van der Waals surface area contributed by atoms with Crippen LogP contribution < -0.4 is 5.32 Å². The first kappa shape index (κ1) is 16.9. The molecule has 2 aliphatic rings. The lowest BCUT2D eigenvalue weighted by molar-refractivity contribution is 0.0673. The Hall–Kier alpha value is -1.92. The Morgan fingerprint density at radius 1 is 1.12 bits per heavy atom. The Balaban J connectivity index is 0.00000169. The van der Waals surface area contributed by atoms with Crippen LogP contribution in [0.15, 0.2) is 36.5 Å².